The van der Waals surface area contributed by atoms with Crippen LogP contribution in [-0.2, 0) is 0 Å². The van der Waals surface area contributed by atoms with Crippen LogP contribution in [0.15, 0.2) is 21.0 Å². The second kappa shape index (κ2) is 3.76. The third-order valence-corrected chi connectivity index (χ3v) is 3.09. The highest BCUT2D eigenvalue weighted by Gasteiger charge is 2.04. The van der Waals surface area contributed by atoms with Gasteiger partial charge in [0.15, 0.2) is 0 Å². The summed E-state index contributed by atoms with van der Waals surface area (Å²) in [5.41, 5.74) is 8.16. The highest BCUT2D eigenvalue weighted by molar-refractivity contribution is 9.10. The molecule has 11 heavy (non-hydrogen) atoms. The largest absolute Gasteiger partial charge is 0.147 e. The first-order valence-electron chi connectivity index (χ1n) is 3.02. The van der Waals surface area contributed by atoms with E-state index in [2.05, 4.69) is 26.0 Å². The Hall–Kier alpha value is -0.510. The molecule has 1 aromatic heterocycles. The first-order valence-corrected chi connectivity index (χ1v) is 4.69. The van der Waals surface area contributed by atoms with Crippen LogP contribution in [0.5, 0.6) is 0 Å². The zero-order valence-electron chi connectivity index (χ0n) is 5.86. The van der Waals surface area contributed by atoms with Crippen LogP contribution in [-0.4, -0.2) is 0 Å². The lowest BCUT2D eigenvalue weighted by Crippen LogP contribution is -1.80. The average Bonchev–Trinajstić information content (AvgIpc) is 2.36. The van der Waals surface area contributed by atoms with Gasteiger partial charge in [0, 0.05) is 19.6 Å². The zero-order valence-corrected chi connectivity index (χ0v) is 8.26. The van der Waals surface area contributed by atoms with Crippen LogP contribution >= 0.6 is 27.3 Å². The predicted molar refractivity (Wildman–Crippen MR) is 49.6 cm³/mol. The van der Waals surface area contributed by atoms with Crippen molar-refractivity contribution in [2.45, 2.75) is 13.0 Å². The fourth-order valence-electron chi connectivity index (χ4n) is 0.682. The molecular formula is C6H6BrN3S. The normalized spacial score (nSPS) is 12.2. The molecule has 58 valence electrons. The maximum atomic E-state index is 8.16. The summed E-state index contributed by atoms with van der Waals surface area (Å²) in [5.74, 6) is 0. The van der Waals surface area contributed by atoms with Gasteiger partial charge in [0.2, 0.25) is 0 Å². The lowest BCUT2D eigenvalue weighted by molar-refractivity contribution is 0.826. The number of hydrogen-bond acceptors (Lipinski definition) is 2. The number of nitrogens with zero attached hydrogens (tertiary/aromatic N) is 3. The van der Waals surface area contributed by atoms with Gasteiger partial charge < -0.3 is 0 Å². The van der Waals surface area contributed by atoms with E-state index in [0.29, 0.717) is 0 Å². The lowest BCUT2D eigenvalue weighted by atomic mass is 10.3. The fraction of sp³-hybridized carbons (Fsp3) is 0.333. The van der Waals surface area contributed by atoms with Gasteiger partial charge in [0.05, 0.1) is 6.04 Å². The van der Waals surface area contributed by atoms with Crippen LogP contribution in [0.3, 0.4) is 0 Å². The minimum Gasteiger partial charge on any atom is -0.147 e. The fourth-order valence-corrected chi connectivity index (χ4v) is 2.12. The summed E-state index contributed by atoms with van der Waals surface area (Å²) in [6, 6.07) is 1.90. The second-order valence-electron chi connectivity index (χ2n) is 2.05. The van der Waals surface area contributed by atoms with Gasteiger partial charge in [-0.2, -0.15) is 0 Å². The Labute approximate surface area is 76.8 Å². The smallest absolute Gasteiger partial charge is 0.0691 e. The lowest BCUT2D eigenvalue weighted by Gasteiger charge is -1.96. The quantitative estimate of drug-likeness (QED) is 0.422. The van der Waals surface area contributed by atoms with Gasteiger partial charge in [-0.25, -0.2) is 0 Å². The van der Waals surface area contributed by atoms with E-state index >= 15 is 0 Å². The molecule has 0 aliphatic heterocycles. The molecule has 0 radical (unpaired) electrons. The number of azide groups is 1. The van der Waals surface area contributed by atoms with Crippen LogP contribution in [0.4, 0.5) is 0 Å². The number of rotatable bonds is 2. The predicted octanol–water partition coefficient (Wildman–Crippen LogP) is 3.88. The van der Waals surface area contributed by atoms with Crippen LogP contribution in [0.2, 0.25) is 0 Å². The second-order valence-corrected chi connectivity index (χ2v) is 3.91. The Morgan fingerprint density at radius 3 is 3.00 bits per heavy atom. The summed E-state index contributed by atoms with van der Waals surface area (Å²) in [6.45, 7) is 1.87. The van der Waals surface area contributed by atoms with E-state index in [1.54, 1.807) is 11.3 Å². The molecule has 0 aliphatic rings. The highest BCUT2D eigenvalue weighted by Crippen LogP contribution is 2.27. The van der Waals surface area contributed by atoms with Gasteiger partial charge in [0.1, 0.15) is 0 Å². The number of halogens is 1. The minimum atomic E-state index is -0.0590. The molecule has 0 amide bonds. The maximum absolute atomic E-state index is 8.16. The molecule has 0 bridgehead atoms. The van der Waals surface area contributed by atoms with Crippen molar-refractivity contribution in [3.8, 4) is 0 Å². The molecule has 0 saturated carbocycles. The zero-order chi connectivity index (χ0) is 8.27. The summed E-state index contributed by atoms with van der Waals surface area (Å²) in [5, 5.41) is 5.55. The monoisotopic (exact) mass is 231 g/mol. The highest BCUT2D eigenvalue weighted by atomic mass is 79.9. The maximum Gasteiger partial charge on any atom is 0.0691 e. The van der Waals surface area contributed by atoms with Gasteiger partial charge in [0.25, 0.3) is 0 Å². The Kier molecular flexibility index (Phi) is 2.93. The van der Waals surface area contributed by atoms with E-state index in [1.165, 1.54) is 0 Å². The molecule has 0 spiro atoms. The Bertz CT molecular complexity index is 290. The third kappa shape index (κ3) is 2.22. The van der Waals surface area contributed by atoms with E-state index in [-0.39, 0.29) is 6.04 Å². The van der Waals surface area contributed by atoms with Gasteiger partial charge in [-0.1, -0.05) is 12.0 Å². The van der Waals surface area contributed by atoms with Crippen molar-refractivity contribution in [3.05, 3.63) is 31.2 Å². The molecule has 0 unspecified atom stereocenters. The standard InChI is InChI=1S/C6H6BrN3S/c1-4(9-10-8)6-2-5(7)3-11-6/h2-4H,1H3/t4-/m0/s1. The summed E-state index contributed by atoms with van der Waals surface area (Å²) in [6.07, 6.45) is 0. The molecule has 0 aliphatic carbocycles. The molecule has 1 heterocycles. The van der Waals surface area contributed by atoms with E-state index < -0.39 is 0 Å². The van der Waals surface area contributed by atoms with Crippen molar-refractivity contribution >= 4 is 27.3 Å². The molecule has 0 saturated heterocycles. The molecule has 1 aromatic rings. The molecule has 5 heteroatoms. The van der Waals surface area contributed by atoms with Gasteiger partial charge in [-0.15, -0.1) is 11.3 Å². The Morgan fingerprint density at radius 2 is 2.55 bits per heavy atom. The van der Waals surface area contributed by atoms with Crippen LogP contribution in [0.25, 0.3) is 10.4 Å². The van der Waals surface area contributed by atoms with E-state index in [1.807, 2.05) is 18.4 Å². The SMILES string of the molecule is C[C@H](N=[N+]=[N-])c1cc(Br)cs1. The van der Waals surface area contributed by atoms with E-state index in [0.717, 1.165) is 9.35 Å². The van der Waals surface area contributed by atoms with Crippen molar-refractivity contribution in [1.29, 1.82) is 0 Å². The Balaban J connectivity index is 2.84. The van der Waals surface area contributed by atoms with E-state index in [4.69, 9.17) is 5.53 Å². The van der Waals surface area contributed by atoms with Crippen molar-refractivity contribution in [3.63, 3.8) is 0 Å². The summed E-state index contributed by atoms with van der Waals surface area (Å²) in [7, 11) is 0. The molecule has 0 aromatic carbocycles. The van der Waals surface area contributed by atoms with Gasteiger partial charge in [-0.3, -0.25) is 0 Å². The molecule has 1 rings (SSSR count). The van der Waals surface area contributed by atoms with Crippen LogP contribution < -0.4 is 0 Å². The van der Waals surface area contributed by atoms with E-state index in [9.17, 15) is 0 Å². The van der Waals surface area contributed by atoms with Crippen LogP contribution in [0, 0.1) is 0 Å². The van der Waals surface area contributed by atoms with Crippen molar-refractivity contribution in [2.24, 2.45) is 5.11 Å². The molecular weight excluding hydrogens is 226 g/mol. The summed E-state index contributed by atoms with van der Waals surface area (Å²) >= 11 is 4.91. The third-order valence-electron chi connectivity index (χ3n) is 1.22. The Morgan fingerprint density at radius 1 is 1.82 bits per heavy atom. The van der Waals surface area contributed by atoms with Gasteiger partial charge in [-0.05, 0) is 27.5 Å². The first kappa shape index (κ1) is 8.59. The molecule has 1 atom stereocenters. The summed E-state index contributed by atoms with van der Waals surface area (Å²) in [4.78, 5) is 3.82. The average molecular weight is 232 g/mol. The van der Waals surface area contributed by atoms with Crippen LogP contribution in [0.1, 0.15) is 17.8 Å². The molecule has 0 fully saturated rings. The molecule has 0 N–H and O–H groups in total. The van der Waals surface area contributed by atoms with Crippen molar-refractivity contribution in [2.75, 3.05) is 0 Å². The van der Waals surface area contributed by atoms with Crippen molar-refractivity contribution in [1.82, 2.24) is 0 Å². The molecule has 3 nitrogen and oxygen atoms in total. The first-order chi connectivity index (χ1) is 5.24. The van der Waals surface area contributed by atoms with Gasteiger partial charge >= 0.3 is 0 Å². The minimum absolute atomic E-state index is 0.0590. The van der Waals surface area contributed by atoms with Crippen molar-refractivity contribution < 1.29 is 0 Å². The number of hydrogen-bond donors (Lipinski definition) is 0. The number of thiophene rings is 1. The topological polar surface area (TPSA) is 48.8 Å². The summed E-state index contributed by atoms with van der Waals surface area (Å²) < 4.78 is 1.04.